The lowest BCUT2D eigenvalue weighted by atomic mass is 10.3. The van der Waals surface area contributed by atoms with E-state index in [4.69, 9.17) is 9.15 Å². The van der Waals surface area contributed by atoms with Crippen molar-refractivity contribution < 1.29 is 17.6 Å². The fourth-order valence-corrected chi connectivity index (χ4v) is 3.31. The number of oxazole rings is 1. The maximum Gasteiger partial charge on any atom is 0.417 e. The third kappa shape index (κ3) is 3.28. The molecule has 0 spiro atoms. The number of anilines is 1. The van der Waals surface area contributed by atoms with Crippen LogP contribution in [0.3, 0.4) is 0 Å². The van der Waals surface area contributed by atoms with Gasteiger partial charge in [-0.1, -0.05) is 12.1 Å². The third-order valence-electron chi connectivity index (χ3n) is 3.19. The zero-order chi connectivity index (χ0) is 17.3. The van der Waals surface area contributed by atoms with Crippen molar-refractivity contribution in [2.75, 3.05) is 4.72 Å². The summed E-state index contributed by atoms with van der Waals surface area (Å²) >= 11 is 0. The molecule has 0 saturated heterocycles. The number of ether oxygens (including phenoxy) is 1. The van der Waals surface area contributed by atoms with Crippen LogP contribution in [0.15, 0.2) is 56.6 Å². The lowest BCUT2D eigenvalue weighted by Gasteiger charge is -2.15. The van der Waals surface area contributed by atoms with Gasteiger partial charge in [0, 0.05) is 0 Å². The van der Waals surface area contributed by atoms with E-state index >= 15 is 0 Å². The number of aromatic amines is 1. The van der Waals surface area contributed by atoms with Crippen LogP contribution < -0.4 is 15.2 Å². The second kappa shape index (κ2) is 6.04. The fraction of sp³-hybridized carbons (Fsp3) is 0.188. The molecule has 0 aliphatic rings. The molecular formula is C16H16N2O5S. The van der Waals surface area contributed by atoms with E-state index in [0.717, 1.165) is 0 Å². The largest absolute Gasteiger partial charge is 0.489 e. The Morgan fingerprint density at radius 2 is 1.92 bits per heavy atom. The number of nitrogens with one attached hydrogen (secondary N) is 2. The molecule has 8 heteroatoms. The normalized spacial score (nSPS) is 11.8. The zero-order valence-electron chi connectivity index (χ0n) is 13.1. The van der Waals surface area contributed by atoms with E-state index in [1.807, 2.05) is 13.8 Å². The second-order valence-electron chi connectivity index (χ2n) is 5.44. The SMILES string of the molecule is CC(C)Oc1ccccc1NS(=O)(=O)c1ccc2oc(=O)[nH]c2c1. The van der Waals surface area contributed by atoms with Gasteiger partial charge < -0.3 is 9.15 Å². The molecule has 1 aromatic heterocycles. The molecule has 0 aliphatic carbocycles. The lowest BCUT2D eigenvalue weighted by molar-refractivity contribution is 0.244. The molecule has 24 heavy (non-hydrogen) atoms. The standard InChI is InChI=1S/C16H16N2O5S/c1-10(2)22-14-6-4-3-5-12(14)18-24(20,21)11-7-8-15-13(9-11)17-16(19)23-15/h3-10,18H,1-2H3,(H,17,19). The van der Waals surface area contributed by atoms with Crippen molar-refractivity contribution in [3.05, 3.63) is 53.0 Å². The summed E-state index contributed by atoms with van der Waals surface area (Å²) in [7, 11) is -3.85. The van der Waals surface area contributed by atoms with Crippen molar-refractivity contribution in [2.45, 2.75) is 24.8 Å². The first-order valence-electron chi connectivity index (χ1n) is 7.26. The highest BCUT2D eigenvalue weighted by atomic mass is 32.2. The molecular weight excluding hydrogens is 332 g/mol. The molecule has 0 unspecified atom stereocenters. The number of hydrogen-bond donors (Lipinski definition) is 2. The first-order chi connectivity index (χ1) is 11.3. The van der Waals surface area contributed by atoms with Crippen LogP contribution in [-0.2, 0) is 10.0 Å². The van der Waals surface area contributed by atoms with Gasteiger partial charge in [0.25, 0.3) is 10.0 Å². The Morgan fingerprint density at radius 3 is 2.67 bits per heavy atom. The maximum atomic E-state index is 12.6. The van der Waals surface area contributed by atoms with Crippen molar-refractivity contribution in [1.29, 1.82) is 0 Å². The Kier molecular flexibility index (Phi) is 4.06. The predicted octanol–water partition coefficient (Wildman–Crippen LogP) is 2.71. The predicted molar refractivity (Wildman–Crippen MR) is 89.8 cm³/mol. The van der Waals surface area contributed by atoms with Crippen LogP contribution in [0.1, 0.15) is 13.8 Å². The quantitative estimate of drug-likeness (QED) is 0.738. The number of aromatic nitrogens is 1. The van der Waals surface area contributed by atoms with E-state index in [-0.39, 0.29) is 11.0 Å². The van der Waals surface area contributed by atoms with Crippen molar-refractivity contribution in [1.82, 2.24) is 4.98 Å². The molecule has 7 nitrogen and oxygen atoms in total. The summed E-state index contributed by atoms with van der Waals surface area (Å²) in [6.45, 7) is 3.71. The summed E-state index contributed by atoms with van der Waals surface area (Å²) < 4.78 is 38.2. The van der Waals surface area contributed by atoms with Gasteiger partial charge in [-0.15, -0.1) is 0 Å². The first kappa shape index (κ1) is 16.1. The number of para-hydroxylation sites is 2. The molecule has 0 amide bonds. The number of hydrogen-bond acceptors (Lipinski definition) is 5. The molecule has 1 heterocycles. The summed E-state index contributed by atoms with van der Waals surface area (Å²) in [5.74, 6) is -0.197. The number of rotatable bonds is 5. The minimum absolute atomic E-state index is 0.00593. The topological polar surface area (TPSA) is 101 Å². The smallest absolute Gasteiger partial charge is 0.417 e. The highest BCUT2D eigenvalue weighted by molar-refractivity contribution is 7.92. The highest BCUT2D eigenvalue weighted by Gasteiger charge is 2.18. The van der Waals surface area contributed by atoms with Crippen LogP contribution in [-0.4, -0.2) is 19.5 Å². The summed E-state index contributed by atoms with van der Waals surface area (Å²) in [4.78, 5) is 13.6. The Labute approximate surface area is 138 Å². The molecule has 3 rings (SSSR count). The van der Waals surface area contributed by atoms with Crippen LogP contribution in [0.2, 0.25) is 0 Å². The van der Waals surface area contributed by atoms with Gasteiger partial charge in [0.1, 0.15) is 5.75 Å². The number of fused-ring (bicyclic) bond motifs is 1. The summed E-state index contributed by atoms with van der Waals surface area (Å²) in [5, 5.41) is 0. The van der Waals surface area contributed by atoms with Crippen LogP contribution >= 0.6 is 0 Å². The average Bonchev–Trinajstić information content (AvgIpc) is 2.87. The summed E-state index contributed by atoms with van der Waals surface area (Å²) in [6.07, 6.45) is -0.0944. The number of benzene rings is 2. The molecule has 0 bridgehead atoms. The van der Waals surface area contributed by atoms with Gasteiger partial charge in [0.05, 0.1) is 22.2 Å². The highest BCUT2D eigenvalue weighted by Crippen LogP contribution is 2.28. The van der Waals surface area contributed by atoms with Gasteiger partial charge in [-0.05, 0) is 44.2 Å². The first-order valence-corrected chi connectivity index (χ1v) is 8.75. The molecule has 0 saturated carbocycles. The molecule has 2 N–H and O–H groups in total. The van der Waals surface area contributed by atoms with Crippen LogP contribution in [0.5, 0.6) is 5.75 Å². The molecule has 0 fully saturated rings. The third-order valence-corrected chi connectivity index (χ3v) is 4.56. The fourth-order valence-electron chi connectivity index (χ4n) is 2.21. The molecule has 0 aliphatic heterocycles. The molecule has 0 radical (unpaired) electrons. The van der Waals surface area contributed by atoms with E-state index in [9.17, 15) is 13.2 Å². The van der Waals surface area contributed by atoms with Crippen LogP contribution in [0, 0.1) is 0 Å². The Morgan fingerprint density at radius 1 is 1.17 bits per heavy atom. The number of sulfonamides is 1. The van der Waals surface area contributed by atoms with Crippen molar-refractivity contribution >= 4 is 26.8 Å². The minimum atomic E-state index is -3.85. The van der Waals surface area contributed by atoms with E-state index in [2.05, 4.69) is 9.71 Å². The van der Waals surface area contributed by atoms with Crippen molar-refractivity contribution in [2.24, 2.45) is 0 Å². The van der Waals surface area contributed by atoms with Gasteiger partial charge in [-0.2, -0.15) is 0 Å². The molecule has 126 valence electrons. The van der Waals surface area contributed by atoms with E-state index in [1.165, 1.54) is 18.2 Å². The van der Waals surface area contributed by atoms with Gasteiger partial charge in [-0.25, -0.2) is 13.2 Å². The number of H-pyrrole nitrogens is 1. The average molecular weight is 348 g/mol. The maximum absolute atomic E-state index is 12.6. The summed E-state index contributed by atoms with van der Waals surface area (Å²) in [6, 6.07) is 10.9. The Hall–Kier alpha value is -2.74. The minimum Gasteiger partial charge on any atom is -0.489 e. The van der Waals surface area contributed by atoms with Gasteiger partial charge in [0.2, 0.25) is 0 Å². The van der Waals surface area contributed by atoms with Gasteiger partial charge >= 0.3 is 5.76 Å². The molecule has 0 atom stereocenters. The van der Waals surface area contributed by atoms with Crippen molar-refractivity contribution in [3.8, 4) is 5.75 Å². The van der Waals surface area contributed by atoms with Crippen LogP contribution in [0.25, 0.3) is 11.1 Å². The van der Waals surface area contributed by atoms with E-state index in [1.54, 1.807) is 24.3 Å². The lowest BCUT2D eigenvalue weighted by Crippen LogP contribution is -2.15. The van der Waals surface area contributed by atoms with E-state index in [0.29, 0.717) is 22.5 Å². The Bertz CT molecular complexity index is 1030. The van der Waals surface area contributed by atoms with Gasteiger partial charge in [-0.3, -0.25) is 9.71 Å². The molecule has 2 aromatic carbocycles. The van der Waals surface area contributed by atoms with Crippen LogP contribution in [0.4, 0.5) is 5.69 Å². The molecule has 3 aromatic rings. The van der Waals surface area contributed by atoms with E-state index < -0.39 is 15.8 Å². The van der Waals surface area contributed by atoms with Crippen molar-refractivity contribution in [3.63, 3.8) is 0 Å². The second-order valence-corrected chi connectivity index (χ2v) is 7.12. The summed E-state index contributed by atoms with van der Waals surface area (Å²) in [5.41, 5.74) is 0.948. The zero-order valence-corrected chi connectivity index (χ0v) is 13.9. The Balaban J connectivity index is 1.97. The monoisotopic (exact) mass is 348 g/mol. The van der Waals surface area contributed by atoms with Gasteiger partial charge in [0.15, 0.2) is 5.58 Å².